The second-order valence-corrected chi connectivity index (χ2v) is 2.62. The molecule has 0 radical (unpaired) electrons. The van der Waals surface area contributed by atoms with Crippen molar-refractivity contribution in [3.63, 3.8) is 0 Å². The zero-order chi connectivity index (χ0) is 10.0. The lowest BCUT2D eigenvalue weighted by atomic mass is 10.2. The Bertz CT molecular complexity index is 319. The molecule has 13 heavy (non-hydrogen) atoms. The number of nitrogens with zero attached hydrogens (tertiary/aromatic N) is 1. The molecule has 1 aromatic heterocycles. The second-order valence-electron chi connectivity index (χ2n) is 2.24. The van der Waals surface area contributed by atoms with E-state index in [4.69, 9.17) is 16.7 Å². The van der Waals surface area contributed by atoms with Crippen molar-refractivity contribution in [2.45, 2.75) is 13.0 Å². The maximum atomic E-state index is 12.7. The zero-order valence-corrected chi connectivity index (χ0v) is 7.02. The van der Waals surface area contributed by atoms with Crippen molar-refractivity contribution < 1.29 is 18.3 Å². The van der Waals surface area contributed by atoms with Gasteiger partial charge in [0.25, 0.3) is 6.43 Å². The lowest BCUT2D eigenvalue weighted by Gasteiger charge is -2.07. The maximum Gasteiger partial charge on any atom is 0.280 e. The number of rotatable bonds is 2. The van der Waals surface area contributed by atoms with Crippen molar-refractivity contribution in [1.29, 1.82) is 0 Å². The van der Waals surface area contributed by atoms with Crippen LogP contribution in [0.3, 0.4) is 0 Å². The summed E-state index contributed by atoms with van der Waals surface area (Å²) in [7, 11) is 0. The number of aliphatic hydroxyl groups excluding tert-OH is 1. The van der Waals surface area contributed by atoms with E-state index in [1.54, 1.807) is 0 Å². The Morgan fingerprint density at radius 2 is 2.15 bits per heavy atom. The monoisotopic (exact) mass is 211 g/mol. The molecule has 0 saturated heterocycles. The third-order valence-corrected chi connectivity index (χ3v) is 1.87. The predicted octanol–water partition coefficient (Wildman–Crippen LogP) is 2.30. The molecule has 0 aliphatic carbocycles. The van der Waals surface area contributed by atoms with E-state index in [9.17, 15) is 13.2 Å². The quantitative estimate of drug-likeness (QED) is 0.814. The molecule has 0 saturated carbocycles. The molecule has 72 valence electrons. The van der Waals surface area contributed by atoms with Gasteiger partial charge in [-0.05, 0) is 0 Å². The second kappa shape index (κ2) is 3.93. The van der Waals surface area contributed by atoms with E-state index in [0.29, 0.717) is 6.20 Å². The van der Waals surface area contributed by atoms with E-state index in [1.165, 1.54) is 0 Å². The van der Waals surface area contributed by atoms with Gasteiger partial charge in [0.15, 0.2) is 5.82 Å². The predicted molar refractivity (Wildman–Crippen MR) is 40.1 cm³/mol. The van der Waals surface area contributed by atoms with Gasteiger partial charge in [0, 0.05) is 5.56 Å². The van der Waals surface area contributed by atoms with Gasteiger partial charge in [0.05, 0.1) is 17.8 Å². The average molecular weight is 212 g/mol. The minimum Gasteiger partial charge on any atom is -0.392 e. The fraction of sp³-hybridized carbons (Fsp3) is 0.286. The molecule has 0 fully saturated rings. The fourth-order valence-electron chi connectivity index (χ4n) is 0.856. The van der Waals surface area contributed by atoms with E-state index in [2.05, 4.69) is 4.98 Å². The Kier molecular flexibility index (Phi) is 3.11. The number of pyridine rings is 1. The Hall–Kier alpha value is -0.810. The molecule has 0 unspecified atom stereocenters. The Morgan fingerprint density at radius 1 is 1.54 bits per heavy atom. The molecule has 1 heterocycles. The minimum atomic E-state index is -2.87. The summed E-state index contributed by atoms with van der Waals surface area (Å²) in [6.07, 6.45) is -2.27. The van der Waals surface area contributed by atoms with Crippen molar-refractivity contribution in [3.05, 3.63) is 28.3 Å². The highest BCUT2D eigenvalue weighted by atomic mass is 35.5. The third-order valence-electron chi connectivity index (χ3n) is 1.47. The number of hydrogen-bond donors (Lipinski definition) is 1. The molecule has 0 atom stereocenters. The molecule has 1 aromatic rings. The van der Waals surface area contributed by atoms with Crippen molar-refractivity contribution >= 4 is 11.6 Å². The van der Waals surface area contributed by atoms with Crippen molar-refractivity contribution in [1.82, 2.24) is 4.98 Å². The van der Waals surface area contributed by atoms with Crippen LogP contribution >= 0.6 is 11.6 Å². The first-order valence-corrected chi connectivity index (χ1v) is 3.67. The molecule has 0 amide bonds. The summed E-state index contributed by atoms with van der Waals surface area (Å²) in [6.45, 7) is -0.761. The summed E-state index contributed by atoms with van der Waals surface area (Å²) in [5.74, 6) is -0.921. The summed E-state index contributed by atoms with van der Waals surface area (Å²) < 4.78 is 37.0. The van der Waals surface area contributed by atoms with Crippen LogP contribution in [0, 0.1) is 5.82 Å². The molecule has 0 aromatic carbocycles. The smallest absolute Gasteiger partial charge is 0.280 e. The summed E-state index contributed by atoms with van der Waals surface area (Å²) in [5.41, 5.74) is -1.05. The molecule has 0 aliphatic rings. The molecule has 0 aliphatic heterocycles. The highest BCUT2D eigenvalue weighted by molar-refractivity contribution is 6.31. The van der Waals surface area contributed by atoms with Crippen LogP contribution in [0.2, 0.25) is 5.02 Å². The van der Waals surface area contributed by atoms with Gasteiger partial charge in [-0.1, -0.05) is 11.6 Å². The Balaban J connectivity index is 3.30. The first-order chi connectivity index (χ1) is 6.07. The van der Waals surface area contributed by atoms with Crippen LogP contribution in [0.1, 0.15) is 17.7 Å². The fourth-order valence-corrected chi connectivity index (χ4v) is 1.06. The van der Waals surface area contributed by atoms with Gasteiger partial charge >= 0.3 is 0 Å². The molecule has 1 N–H and O–H groups in total. The number of alkyl halides is 2. The summed E-state index contributed by atoms with van der Waals surface area (Å²) in [4.78, 5) is 3.14. The highest BCUT2D eigenvalue weighted by Crippen LogP contribution is 2.27. The van der Waals surface area contributed by atoms with Crippen LogP contribution in [-0.2, 0) is 6.61 Å². The molecule has 2 nitrogen and oxygen atoms in total. The van der Waals surface area contributed by atoms with Gasteiger partial charge in [-0.15, -0.1) is 0 Å². The molecule has 6 heteroatoms. The van der Waals surface area contributed by atoms with Crippen molar-refractivity contribution in [2.75, 3.05) is 0 Å². The molecular weight excluding hydrogens is 207 g/mol. The summed E-state index contributed by atoms with van der Waals surface area (Å²) in [5, 5.41) is 8.14. The average Bonchev–Trinajstić information content (AvgIpc) is 2.09. The number of halogens is 4. The number of aromatic nitrogens is 1. The van der Waals surface area contributed by atoms with Gasteiger partial charge in [-0.2, -0.15) is 0 Å². The van der Waals surface area contributed by atoms with E-state index in [-0.39, 0.29) is 5.56 Å². The molecular formula is C7H5ClF3NO. The molecule has 0 spiro atoms. The van der Waals surface area contributed by atoms with Crippen molar-refractivity contribution in [3.8, 4) is 0 Å². The van der Waals surface area contributed by atoms with Crippen LogP contribution in [0.15, 0.2) is 6.20 Å². The lowest BCUT2D eigenvalue weighted by Crippen LogP contribution is -2.01. The maximum absolute atomic E-state index is 12.7. The van der Waals surface area contributed by atoms with Crippen LogP contribution in [0.25, 0.3) is 0 Å². The highest BCUT2D eigenvalue weighted by Gasteiger charge is 2.19. The Morgan fingerprint density at radius 3 is 2.62 bits per heavy atom. The van der Waals surface area contributed by atoms with Crippen LogP contribution in [-0.4, -0.2) is 10.1 Å². The first kappa shape index (κ1) is 10.3. The van der Waals surface area contributed by atoms with E-state index >= 15 is 0 Å². The number of hydrogen-bond acceptors (Lipinski definition) is 2. The number of aliphatic hydroxyl groups is 1. The van der Waals surface area contributed by atoms with Gasteiger partial charge in [0.1, 0.15) is 5.69 Å². The summed E-state index contributed by atoms with van der Waals surface area (Å²) >= 11 is 5.33. The minimum absolute atomic E-state index is 0.364. The van der Waals surface area contributed by atoms with Crippen LogP contribution in [0.4, 0.5) is 13.2 Å². The van der Waals surface area contributed by atoms with E-state index < -0.39 is 29.6 Å². The van der Waals surface area contributed by atoms with Gasteiger partial charge in [-0.25, -0.2) is 13.2 Å². The van der Waals surface area contributed by atoms with Crippen LogP contribution in [0.5, 0.6) is 0 Å². The zero-order valence-electron chi connectivity index (χ0n) is 6.27. The lowest BCUT2D eigenvalue weighted by molar-refractivity contribution is 0.141. The first-order valence-electron chi connectivity index (χ1n) is 3.29. The van der Waals surface area contributed by atoms with Gasteiger partial charge < -0.3 is 5.11 Å². The molecule has 1 rings (SSSR count). The van der Waals surface area contributed by atoms with Gasteiger partial charge in [0.2, 0.25) is 0 Å². The summed E-state index contributed by atoms with van der Waals surface area (Å²) in [6, 6.07) is 0. The molecule has 0 bridgehead atoms. The SMILES string of the molecule is OCc1c(C(F)F)ncc(F)c1Cl. The largest absolute Gasteiger partial charge is 0.392 e. The standard InChI is InChI=1S/C7H5ClF3NO/c8-5-3(2-13)6(7(10)11)12-1-4(5)9/h1,7,13H,2H2. The van der Waals surface area contributed by atoms with Crippen LogP contribution < -0.4 is 0 Å². The van der Waals surface area contributed by atoms with Gasteiger partial charge in [-0.3, -0.25) is 4.98 Å². The van der Waals surface area contributed by atoms with E-state index in [1.807, 2.05) is 0 Å². The Labute approximate surface area is 77.0 Å². The van der Waals surface area contributed by atoms with E-state index in [0.717, 1.165) is 0 Å². The normalized spacial score (nSPS) is 10.9. The third kappa shape index (κ3) is 1.92. The van der Waals surface area contributed by atoms with Crippen molar-refractivity contribution in [2.24, 2.45) is 0 Å². The topological polar surface area (TPSA) is 33.1 Å².